The fourth-order valence-electron chi connectivity index (χ4n) is 3.77. The van der Waals surface area contributed by atoms with Gasteiger partial charge in [-0.1, -0.05) is 25.1 Å². The summed E-state index contributed by atoms with van der Waals surface area (Å²) in [4.78, 5) is 29.9. The second kappa shape index (κ2) is 8.31. The Bertz CT molecular complexity index is 883. The zero-order valence-corrected chi connectivity index (χ0v) is 17.3. The smallest absolute Gasteiger partial charge is 0.322 e. The van der Waals surface area contributed by atoms with Crippen molar-refractivity contribution in [3.05, 3.63) is 53.9 Å². The van der Waals surface area contributed by atoms with E-state index in [0.29, 0.717) is 12.6 Å². The van der Waals surface area contributed by atoms with Crippen LogP contribution in [0.5, 0.6) is 0 Å². The number of amides is 3. The highest BCUT2D eigenvalue weighted by Gasteiger charge is 2.38. The maximum absolute atomic E-state index is 13.2. The Hall–Kier alpha value is -2.76. The molecule has 2 aliphatic rings. The van der Waals surface area contributed by atoms with Crippen molar-refractivity contribution in [3.8, 4) is 0 Å². The van der Waals surface area contributed by atoms with Crippen molar-refractivity contribution in [2.75, 3.05) is 11.9 Å². The number of carbonyl (C=O) groups excluding carboxylic acids is 2. The van der Waals surface area contributed by atoms with E-state index in [1.807, 2.05) is 48.5 Å². The van der Waals surface area contributed by atoms with Gasteiger partial charge >= 0.3 is 6.03 Å². The van der Waals surface area contributed by atoms with E-state index in [-0.39, 0.29) is 24.5 Å². The van der Waals surface area contributed by atoms with Crippen LogP contribution in [0.2, 0.25) is 0 Å². The summed E-state index contributed by atoms with van der Waals surface area (Å²) in [5, 5.41) is 3.04. The SMILES string of the molecule is CCc1ccccc1NC(=O)N(CC(=O)N(Cc1cccn1C)C1CC1)C1CC1. The minimum atomic E-state index is -0.170. The van der Waals surface area contributed by atoms with Gasteiger partial charge in [0.15, 0.2) is 0 Å². The first kappa shape index (κ1) is 19.6. The molecule has 29 heavy (non-hydrogen) atoms. The lowest BCUT2D eigenvalue weighted by Gasteiger charge is -2.28. The quantitative estimate of drug-likeness (QED) is 0.741. The van der Waals surface area contributed by atoms with Crippen LogP contribution in [-0.2, 0) is 24.8 Å². The number of benzene rings is 1. The number of nitrogens with zero attached hydrogens (tertiary/aromatic N) is 3. The normalized spacial score (nSPS) is 15.8. The third-order valence-corrected chi connectivity index (χ3v) is 5.89. The van der Waals surface area contributed by atoms with Crippen molar-refractivity contribution < 1.29 is 9.59 Å². The van der Waals surface area contributed by atoms with Gasteiger partial charge in [0.1, 0.15) is 6.54 Å². The van der Waals surface area contributed by atoms with Gasteiger partial charge in [-0.2, -0.15) is 0 Å². The Morgan fingerprint density at radius 1 is 1.03 bits per heavy atom. The first-order valence-corrected chi connectivity index (χ1v) is 10.6. The molecule has 0 radical (unpaired) electrons. The highest BCUT2D eigenvalue weighted by atomic mass is 16.2. The average Bonchev–Trinajstić information content (AvgIpc) is 3.64. The molecule has 3 amide bonds. The van der Waals surface area contributed by atoms with E-state index >= 15 is 0 Å². The van der Waals surface area contributed by atoms with Crippen LogP contribution in [0.1, 0.15) is 43.9 Å². The molecule has 154 valence electrons. The molecule has 0 saturated heterocycles. The number of hydrogen-bond acceptors (Lipinski definition) is 2. The number of anilines is 1. The van der Waals surface area contributed by atoms with Gasteiger partial charge in [0.2, 0.25) is 5.91 Å². The van der Waals surface area contributed by atoms with Gasteiger partial charge in [-0.3, -0.25) is 4.79 Å². The lowest BCUT2D eigenvalue weighted by molar-refractivity contribution is -0.133. The molecule has 6 heteroatoms. The van der Waals surface area contributed by atoms with Crippen LogP contribution in [0, 0.1) is 0 Å². The Kier molecular flexibility index (Phi) is 5.60. The lowest BCUT2D eigenvalue weighted by atomic mass is 10.1. The monoisotopic (exact) mass is 394 g/mol. The molecule has 0 unspecified atom stereocenters. The molecule has 4 rings (SSSR count). The van der Waals surface area contributed by atoms with Gasteiger partial charge in [0.05, 0.1) is 6.54 Å². The van der Waals surface area contributed by atoms with E-state index in [1.54, 1.807) is 4.90 Å². The van der Waals surface area contributed by atoms with Crippen molar-refractivity contribution in [2.24, 2.45) is 7.05 Å². The fraction of sp³-hybridized carbons (Fsp3) is 0.478. The predicted molar refractivity (Wildman–Crippen MR) is 114 cm³/mol. The van der Waals surface area contributed by atoms with E-state index < -0.39 is 0 Å². The number of nitrogens with one attached hydrogen (secondary N) is 1. The van der Waals surface area contributed by atoms with Crippen molar-refractivity contribution in [1.82, 2.24) is 14.4 Å². The molecule has 1 N–H and O–H groups in total. The minimum absolute atomic E-state index is 0.0412. The maximum atomic E-state index is 13.2. The second-order valence-electron chi connectivity index (χ2n) is 8.16. The summed E-state index contributed by atoms with van der Waals surface area (Å²) in [6, 6.07) is 12.2. The van der Waals surface area contributed by atoms with Gasteiger partial charge in [-0.25, -0.2) is 4.79 Å². The number of aromatic nitrogens is 1. The molecule has 2 fully saturated rings. The molecular weight excluding hydrogens is 364 g/mol. The molecule has 6 nitrogen and oxygen atoms in total. The number of rotatable bonds is 8. The largest absolute Gasteiger partial charge is 0.353 e. The van der Waals surface area contributed by atoms with Gasteiger partial charge in [-0.05, 0) is 55.9 Å². The Morgan fingerprint density at radius 2 is 1.72 bits per heavy atom. The molecule has 1 aromatic carbocycles. The van der Waals surface area contributed by atoms with Crippen molar-refractivity contribution in [2.45, 2.75) is 57.7 Å². The van der Waals surface area contributed by atoms with E-state index in [2.05, 4.69) is 22.9 Å². The third-order valence-electron chi connectivity index (χ3n) is 5.89. The molecule has 1 heterocycles. The van der Waals surface area contributed by atoms with E-state index in [0.717, 1.165) is 49.0 Å². The van der Waals surface area contributed by atoms with Crippen LogP contribution < -0.4 is 5.32 Å². The third kappa shape index (κ3) is 4.63. The number of carbonyl (C=O) groups is 2. The van der Waals surface area contributed by atoms with Crippen molar-refractivity contribution in [3.63, 3.8) is 0 Å². The number of para-hydroxylation sites is 1. The van der Waals surface area contributed by atoms with Crippen molar-refractivity contribution >= 4 is 17.6 Å². The fourth-order valence-corrected chi connectivity index (χ4v) is 3.77. The minimum Gasteiger partial charge on any atom is -0.353 e. The topological polar surface area (TPSA) is 57.6 Å². The van der Waals surface area contributed by atoms with Gasteiger partial charge in [0, 0.05) is 36.7 Å². The molecule has 2 aliphatic carbocycles. The van der Waals surface area contributed by atoms with Gasteiger partial charge in [-0.15, -0.1) is 0 Å². The second-order valence-corrected chi connectivity index (χ2v) is 8.16. The van der Waals surface area contributed by atoms with Crippen LogP contribution >= 0.6 is 0 Å². The maximum Gasteiger partial charge on any atom is 0.322 e. The Morgan fingerprint density at radius 3 is 2.34 bits per heavy atom. The molecule has 0 spiro atoms. The first-order valence-electron chi connectivity index (χ1n) is 10.6. The molecule has 2 aromatic rings. The predicted octanol–water partition coefficient (Wildman–Crippen LogP) is 3.78. The summed E-state index contributed by atoms with van der Waals surface area (Å²) < 4.78 is 2.05. The van der Waals surface area contributed by atoms with Gasteiger partial charge < -0.3 is 19.7 Å². The Balaban J connectivity index is 1.45. The molecule has 2 saturated carbocycles. The Labute approximate surface area is 172 Å². The number of hydrogen-bond donors (Lipinski definition) is 1. The zero-order valence-electron chi connectivity index (χ0n) is 17.3. The summed E-state index contributed by atoms with van der Waals surface area (Å²) in [6.07, 6.45) is 6.89. The highest BCUT2D eigenvalue weighted by Crippen LogP contribution is 2.31. The van der Waals surface area contributed by atoms with E-state index in [9.17, 15) is 9.59 Å². The van der Waals surface area contributed by atoms with Crippen LogP contribution in [0.25, 0.3) is 0 Å². The van der Waals surface area contributed by atoms with Crippen LogP contribution in [-0.4, -0.2) is 44.9 Å². The number of aryl methyl sites for hydroxylation is 2. The van der Waals surface area contributed by atoms with E-state index in [4.69, 9.17) is 0 Å². The van der Waals surface area contributed by atoms with Crippen LogP contribution in [0.4, 0.5) is 10.5 Å². The van der Waals surface area contributed by atoms with E-state index in [1.165, 1.54) is 0 Å². The average molecular weight is 395 g/mol. The summed E-state index contributed by atoms with van der Waals surface area (Å²) in [5.74, 6) is 0.0412. The van der Waals surface area contributed by atoms with Crippen LogP contribution in [0.3, 0.4) is 0 Å². The van der Waals surface area contributed by atoms with Gasteiger partial charge in [0.25, 0.3) is 0 Å². The standard InChI is InChI=1S/C23H30N4O2/c1-3-17-7-4-5-9-21(17)24-23(29)27(19-12-13-19)16-22(28)26(18-10-11-18)15-20-8-6-14-25(20)2/h4-9,14,18-19H,3,10-13,15-16H2,1-2H3,(H,24,29). The lowest BCUT2D eigenvalue weighted by Crippen LogP contribution is -2.46. The van der Waals surface area contributed by atoms with Crippen molar-refractivity contribution in [1.29, 1.82) is 0 Å². The molecule has 0 aliphatic heterocycles. The van der Waals surface area contributed by atoms with Crippen LogP contribution in [0.15, 0.2) is 42.6 Å². The summed E-state index contributed by atoms with van der Waals surface area (Å²) in [5.41, 5.74) is 3.05. The molecule has 0 bridgehead atoms. The summed E-state index contributed by atoms with van der Waals surface area (Å²) >= 11 is 0. The molecule has 0 atom stereocenters. The number of urea groups is 1. The molecule has 1 aromatic heterocycles. The zero-order chi connectivity index (χ0) is 20.4. The molecular formula is C23H30N4O2. The summed E-state index contributed by atoms with van der Waals surface area (Å²) in [7, 11) is 2.00. The first-order chi connectivity index (χ1) is 14.1. The highest BCUT2D eigenvalue weighted by molar-refractivity contribution is 5.93. The summed E-state index contributed by atoms with van der Waals surface area (Å²) in [6.45, 7) is 2.82.